The highest BCUT2D eigenvalue weighted by Crippen LogP contribution is 2.31. The third-order valence-electron chi connectivity index (χ3n) is 2.44. The molecule has 1 atom stereocenters. The van der Waals surface area contributed by atoms with Crippen LogP contribution in [0.3, 0.4) is 0 Å². The SMILES string of the molecule is CCCC(CC)Nc1c(Br)cccc1Br. The molecule has 0 spiro atoms. The summed E-state index contributed by atoms with van der Waals surface area (Å²) in [6.45, 7) is 4.44. The Labute approximate surface area is 109 Å². The number of nitrogens with one attached hydrogen (secondary N) is 1. The third kappa shape index (κ3) is 3.80. The average Bonchev–Trinajstić information content (AvgIpc) is 2.22. The van der Waals surface area contributed by atoms with Gasteiger partial charge in [0.1, 0.15) is 0 Å². The molecule has 0 amide bonds. The predicted octanol–water partition coefficient (Wildman–Crippen LogP) is 5.20. The van der Waals surface area contributed by atoms with Gasteiger partial charge in [-0.05, 0) is 56.8 Å². The van der Waals surface area contributed by atoms with Gasteiger partial charge in [-0.3, -0.25) is 0 Å². The van der Waals surface area contributed by atoms with Crippen molar-refractivity contribution in [2.24, 2.45) is 0 Å². The van der Waals surface area contributed by atoms with Gasteiger partial charge in [-0.15, -0.1) is 0 Å². The van der Waals surface area contributed by atoms with Crippen molar-refractivity contribution in [2.45, 2.75) is 39.2 Å². The fourth-order valence-corrected chi connectivity index (χ4v) is 2.79. The topological polar surface area (TPSA) is 12.0 Å². The van der Waals surface area contributed by atoms with Gasteiger partial charge in [0.25, 0.3) is 0 Å². The molecular weight excluding hydrogens is 318 g/mol. The fraction of sp³-hybridized carbons (Fsp3) is 0.500. The average molecular weight is 335 g/mol. The van der Waals surface area contributed by atoms with E-state index in [9.17, 15) is 0 Å². The molecule has 0 aliphatic rings. The molecule has 0 fully saturated rings. The summed E-state index contributed by atoms with van der Waals surface area (Å²) in [6.07, 6.45) is 3.58. The minimum Gasteiger partial charge on any atom is -0.380 e. The molecule has 0 aliphatic heterocycles. The van der Waals surface area contributed by atoms with E-state index in [0.29, 0.717) is 6.04 Å². The van der Waals surface area contributed by atoms with Crippen molar-refractivity contribution in [3.05, 3.63) is 27.1 Å². The maximum absolute atomic E-state index is 3.57. The summed E-state index contributed by atoms with van der Waals surface area (Å²) in [5.74, 6) is 0. The molecule has 1 nitrogen and oxygen atoms in total. The first-order valence-electron chi connectivity index (χ1n) is 5.39. The van der Waals surface area contributed by atoms with Crippen LogP contribution in [0.25, 0.3) is 0 Å². The maximum atomic E-state index is 3.57. The lowest BCUT2D eigenvalue weighted by molar-refractivity contribution is 0.622. The summed E-state index contributed by atoms with van der Waals surface area (Å²) in [7, 11) is 0. The summed E-state index contributed by atoms with van der Waals surface area (Å²) in [5, 5.41) is 3.57. The minimum absolute atomic E-state index is 0.560. The van der Waals surface area contributed by atoms with Gasteiger partial charge in [0.05, 0.1) is 5.69 Å². The molecule has 1 unspecified atom stereocenters. The second-order valence-corrected chi connectivity index (χ2v) is 5.34. The van der Waals surface area contributed by atoms with E-state index in [-0.39, 0.29) is 0 Å². The van der Waals surface area contributed by atoms with Gasteiger partial charge in [0.15, 0.2) is 0 Å². The van der Waals surface area contributed by atoms with Gasteiger partial charge in [0.2, 0.25) is 0 Å². The van der Waals surface area contributed by atoms with Crippen molar-refractivity contribution in [2.75, 3.05) is 5.32 Å². The zero-order valence-electron chi connectivity index (χ0n) is 9.19. The number of halogens is 2. The zero-order chi connectivity index (χ0) is 11.3. The van der Waals surface area contributed by atoms with E-state index >= 15 is 0 Å². The van der Waals surface area contributed by atoms with Crippen LogP contribution in [0, 0.1) is 0 Å². The molecule has 0 radical (unpaired) electrons. The smallest absolute Gasteiger partial charge is 0.0631 e. The molecule has 0 saturated carbocycles. The Hall–Kier alpha value is -0.0200. The van der Waals surface area contributed by atoms with Gasteiger partial charge in [-0.2, -0.15) is 0 Å². The Morgan fingerprint density at radius 1 is 1.20 bits per heavy atom. The van der Waals surface area contributed by atoms with Crippen LogP contribution < -0.4 is 5.32 Å². The molecule has 0 aromatic heterocycles. The molecule has 0 aliphatic carbocycles. The summed E-state index contributed by atoms with van der Waals surface area (Å²) < 4.78 is 2.23. The van der Waals surface area contributed by atoms with E-state index in [4.69, 9.17) is 0 Å². The van der Waals surface area contributed by atoms with Crippen LogP contribution in [-0.4, -0.2) is 6.04 Å². The summed E-state index contributed by atoms with van der Waals surface area (Å²) in [5.41, 5.74) is 1.16. The van der Waals surface area contributed by atoms with E-state index in [1.165, 1.54) is 12.8 Å². The van der Waals surface area contributed by atoms with Gasteiger partial charge < -0.3 is 5.32 Å². The fourth-order valence-electron chi connectivity index (χ4n) is 1.57. The zero-order valence-corrected chi connectivity index (χ0v) is 12.4. The molecule has 0 bridgehead atoms. The number of hydrogen-bond donors (Lipinski definition) is 1. The highest BCUT2D eigenvalue weighted by Gasteiger charge is 2.09. The van der Waals surface area contributed by atoms with Crippen molar-refractivity contribution >= 4 is 37.5 Å². The van der Waals surface area contributed by atoms with Crippen LogP contribution in [0.1, 0.15) is 33.1 Å². The first kappa shape index (κ1) is 13.0. The van der Waals surface area contributed by atoms with Crippen molar-refractivity contribution in [1.82, 2.24) is 0 Å². The molecule has 0 heterocycles. The van der Waals surface area contributed by atoms with Crippen LogP contribution >= 0.6 is 31.9 Å². The van der Waals surface area contributed by atoms with Gasteiger partial charge in [-0.1, -0.05) is 26.3 Å². The predicted molar refractivity (Wildman–Crippen MR) is 74.5 cm³/mol. The Kier molecular flexibility index (Phi) is 5.69. The van der Waals surface area contributed by atoms with Gasteiger partial charge in [-0.25, -0.2) is 0 Å². The van der Waals surface area contributed by atoms with Crippen LogP contribution in [0.2, 0.25) is 0 Å². The quantitative estimate of drug-likeness (QED) is 0.780. The molecule has 3 heteroatoms. The first-order valence-corrected chi connectivity index (χ1v) is 6.98. The van der Waals surface area contributed by atoms with Crippen LogP contribution in [-0.2, 0) is 0 Å². The van der Waals surface area contributed by atoms with Crippen LogP contribution in [0.5, 0.6) is 0 Å². The molecule has 0 saturated heterocycles. The molecule has 15 heavy (non-hydrogen) atoms. The second kappa shape index (κ2) is 6.54. The molecule has 1 aromatic carbocycles. The highest BCUT2D eigenvalue weighted by molar-refractivity contribution is 9.11. The van der Waals surface area contributed by atoms with Crippen LogP contribution in [0.4, 0.5) is 5.69 Å². The van der Waals surface area contributed by atoms with Crippen LogP contribution in [0.15, 0.2) is 27.1 Å². The highest BCUT2D eigenvalue weighted by atomic mass is 79.9. The lowest BCUT2D eigenvalue weighted by atomic mass is 10.1. The maximum Gasteiger partial charge on any atom is 0.0631 e. The second-order valence-electron chi connectivity index (χ2n) is 3.63. The van der Waals surface area contributed by atoms with Crippen molar-refractivity contribution in [1.29, 1.82) is 0 Å². The van der Waals surface area contributed by atoms with E-state index in [0.717, 1.165) is 21.1 Å². The van der Waals surface area contributed by atoms with Gasteiger partial charge in [0, 0.05) is 15.0 Å². The van der Waals surface area contributed by atoms with Crippen molar-refractivity contribution < 1.29 is 0 Å². The minimum atomic E-state index is 0.560. The Morgan fingerprint density at radius 3 is 2.27 bits per heavy atom. The normalized spacial score (nSPS) is 12.5. The van der Waals surface area contributed by atoms with E-state index in [2.05, 4.69) is 63.2 Å². The molecule has 1 rings (SSSR count). The summed E-state index contributed by atoms with van der Waals surface area (Å²) in [4.78, 5) is 0. The monoisotopic (exact) mass is 333 g/mol. The Morgan fingerprint density at radius 2 is 1.80 bits per heavy atom. The Bertz CT molecular complexity index is 292. The number of hydrogen-bond acceptors (Lipinski definition) is 1. The van der Waals surface area contributed by atoms with Crippen molar-refractivity contribution in [3.63, 3.8) is 0 Å². The molecule has 1 aromatic rings. The molecule has 84 valence electrons. The lowest BCUT2D eigenvalue weighted by Crippen LogP contribution is -2.18. The van der Waals surface area contributed by atoms with E-state index in [1.807, 2.05) is 6.07 Å². The standard InChI is InChI=1S/C12H17Br2N/c1-3-6-9(4-2)15-12-10(13)7-5-8-11(12)14/h5,7-9,15H,3-4,6H2,1-2H3. The third-order valence-corrected chi connectivity index (χ3v) is 3.76. The molecular formula is C12H17Br2N. The number of rotatable bonds is 5. The summed E-state index contributed by atoms with van der Waals surface area (Å²) >= 11 is 7.13. The largest absolute Gasteiger partial charge is 0.380 e. The molecule has 1 N–H and O–H groups in total. The van der Waals surface area contributed by atoms with E-state index < -0.39 is 0 Å². The number of para-hydroxylation sites is 1. The van der Waals surface area contributed by atoms with Crippen molar-refractivity contribution in [3.8, 4) is 0 Å². The Balaban J connectivity index is 2.78. The number of anilines is 1. The van der Waals surface area contributed by atoms with Gasteiger partial charge >= 0.3 is 0 Å². The summed E-state index contributed by atoms with van der Waals surface area (Å²) in [6, 6.07) is 6.71. The number of benzene rings is 1. The first-order chi connectivity index (χ1) is 7.19. The lowest BCUT2D eigenvalue weighted by Gasteiger charge is -2.19. The van der Waals surface area contributed by atoms with E-state index in [1.54, 1.807) is 0 Å².